The lowest BCUT2D eigenvalue weighted by atomic mass is 9.85. The van der Waals surface area contributed by atoms with Gasteiger partial charge in [0.25, 0.3) is 0 Å². The van der Waals surface area contributed by atoms with Crippen LogP contribution >= 0.6 is 22.5 Å². The molecule has 1 rings (SSSR count). The maximum absolute atomic E-state index is 4.27. The monoisotopic (exact) mass is 269 g/mol. The zero-order chi connectivity index (χ0) is 12.8. The van der Waals surface area contributed by atoms with Crippen molar-refractivity contribution >= 4 is 22.5 Å². The molecular weight excluding hydrogens is 246 g/mol. The van der Waals surface area contributed by atoms with Gasteiger partial charge in [0.05, 0.1) is 0 Å². The van der Waals surface area contributed by atoms with Gasteiger partial charge in [-0.05, 0) is 50.0 Å². The summed E-state index contributed by atoms with van der Waals surface area (Å²) in [6.45, 7) is 5.75. The molecule has 1 aromatic carbocycles. The van der Waals surface area contributed by atoms with E-state index in [1.165, 1.54) is 27.7 Å². The van der Waals surface area contributed by atoms with Crippen LogP contribution in [0.1, 0.15) is 31.7 Å². The van der Waals surface area contributed by atoms with Gasteiger partial charge in [0.2, 0.25) is 0 Å². The highest BCUT2D eigenvalue weighted by Gasteiger charge is 2.18. The van der Waals surface area contributed by atoms with E-state index in [1.54, 1.807) is 0 Å². The van der Waals surface area contributed by atoms with E-state index in [0.29, 0.717) is 11.8 Å². The van der Waals surface area contributed by atoms with Crippen LogP contribution in [0.15, 0.2) is 29.2 Å². The molecule has 17 heavy (non-hydrogen) atoms. The normalized spacial score (nSPS) is 14.9. The van der Waals surface area contributed by atoms with Crippen molar-refractivity contribution in [1.29, 1.82) is 0 Å². The summed E-state index contributed by atoms with van der Waals surface area (Å²) in [5.74, 6) is 1.31. The van der Waals surface area contributed by atoms with Crippen molar-refractivity contribution in [3.05, 3.63) is 29.8 Å². The standard InChI is InChI=1S/C14H23NS2/c1-5-14(11(2)10-15(3)4)12-7-6-8-13(9-12)17-16/h6-9,11,14,16H,5,10H2,1-4H3/t11-,14+/m0/s1. The summed E-state index contributed by atoms with van der Waals surface area (Å²) in [6, 6.07) is 8.77. The average molecular weight is 269 g/mol. The lowest BCUT2D eigenvalue weighted by Gasteiger charge is -2.26. The molecule has 0 spiro atoms. The molecule has 2 atom stereocenters. The number of benzene rings is 1. The molecule has 0 N–H and O–H groups in total. The maximum Gasteiger partial charge on any atom is 0.0183 e. The van der Waals surface area contributed by atoms with Crippen molar-refractivity contribution in [2.45, 2.75) is 31.1 Å². The third-order valence-corrected chi connectivity index (χ3v) is 4.27. The predicted octanol–water partition coefficient (Wildman–Crippen LogP) is 4.31. The minimum absolute atomic E-state index is 0.637. The van der Waals surface area contributed by atoms with Gasteiger partial charge in [-0.25, -0.2) is 0 Å². The SMILES string of the molecule is CC[C@@H](c1cccc(SS)c1)[C@@H](C)CN(C)C. The highest BCUT2D eigenvalue weighted by Crippen LogP contribution is 2.31. The van der Waals surface area contributed by atoms with E-state index in [0.717, 1.165) is 6.54 Å². The predicted molar refractivity (Wildman–Crippen MR) is 82.0 cm³/mol. The summed E-state index contributed by atoms with van der Waals surface area (Å²) < 4.78 is 0. The Morgan fingerprint density at radius 1 is 1.35 bits per heavy atom. The Kier molecular flexibility index (Phi) is 6.45. The highest BCUT2D eigenvalue weighted by molar-refractivity contribution is 8.68. The molecule has 0 saturated heterocycles. The molecule has 0 aliphatic heterocycles. The number of thiol groups is 1. The summed E-state index contributed by atoms with van der Waals surface area (Å²) >= 11 is 4.27. The van der Waals surface area contributed by atoms with Crippen molar-refractivity contribution < 1.29 is 0 Å². The molecule has 0 fully saturated rings. The van der Waals surface area contributed by atoms with Crippen LogP contribution in [0.25, 0.3) is 0 Å². The molecule has 0 amide bonds. The molecule has 0 aliphatic carbocycles. The lowest BCUT2D eigenvalue weighted by molar-refractivity contribution is 0.301. The van der Waals surface area contributed by atoms with E-state index in [4.69, 9.17) is 0 Å². The third kappa shape index (κ3) is 4.57. The van der Waals surface area contributed by atoms with Gasteiger partial charge in [0, 0.05) is 11.4 Å². The highest BCUT2D eigenvalue weighted by atomic mass is 33.1. The van der Waals surface area contributed by atoms with Crippen LogP contribution < -0.4 is 0 Å². The molecule has 0 unspecified atom stereocenters. The van der Waals surface area contributed by atoms with Crippen LogP contribution in [-0.2, 0) is 0 Å². The summed E-state index contributed by atoms with van der Waals surface area (Å²) in [5.41, 5.74) is 1.45. The number of nitrogens with zero attached hydrogens (tertiary/aromatic N) is 1. The van der Waals surface area contributed by atoms with Gasteiger partial charge in [-0.1, -0.05) is 36.8 Å². The van der Waals surface area contributed by atoms with Gasteiger partial charge in [0.1, 0.15) is 0 Å². The molecule has 0 aromatic heterocycles. The van der Waals surface area contributed by atoms with Gasteiger partial charge in [-0.2, -0.15) is 0 Å². The van der Waals surface area contributed by atoms with Crippen molar-refractivity contribution in [3.63, 3.8) is 0 Å². The van der Waals surface area contributed by atoms with Crippen LogP contribution in [0, 0.1) is 5.92 Å². The van der Waals surface area contributed by atoms with E-state index < -0.39 is 0 Å². The summed E-state index contributed by atoms with van der Waals surface area (Å²) in [4.78, 5) is 3.51. The number of hydrogen-bond donors (Lipinski definition) is 1. The average Bonchev–Trinajstić information content (AvgIpc) is 2.29. The third-order valence-electron chi connectivity index (χ3n) is 3.17. The molecular formula is C14H23NS2. The maximum atomic E-state index is 4.27. The van der Waals surface area contributed by atoms with Gasteiger partial charge in [0.15, 0.2) is 0 Å². The second kappa shape index (κ2) is 7.34. The van der Waals surface area contributed by atoms with Crippen molar-refractivity contribution in [2.75, 3.05) is 20.6 Å². The Balaban J connectivity index is 2.84. The van der Waals surface area contributed by atoms with E-state index >= 15 is 0 Å². The fourth-order valence-corrected chi connectivity index (χ4v) is 3.14. The minimum Gasteiger partial charge on any atom is -0.309 e. The molecule has 0 radical (unpaired) electrons. The van der Waals surface area contributed by atoms with Crippen molar-refractivity contribution in [3.8, 4) is 0 Å². The van der Waals surface area contributed by atoms with E-state index in [2.05, 4.69) is 68.8 Å². The topological polar surface area (TPSA) is 3.24 Å². The summed E-state index contributed by atoms with van der Waals surface area (Å²) in [6.07, 6.45) is 1.19. The van der Waals surface area contributed by atoms with Gasteiger partial charge < -0.3 is 4.90 Å². The minimum atomic E-state index is 0.637. The molecule has 0 saturated carbocycles. The fraction of sp³-hybridized carbons (Fsp3) is 0.571. The first-order valence-electron chi connectivity index (χ1n) is 6.14. The largest absolute Gasteiger partial charge is 0.309 e. The molecule has 96 valence electrons. The van der Waals surface area contributed by atoms with Gasteiger partial charge in [-0.3, -0.25) is 0 Å². The Hall–Kier alpha value is -0.120. The van der Waals surface area contributed by atoms with E-state index in [1.807, 2.05) is 0 Å². The first-order chi connectivity index (χ1) is 8.08. The van der Waals surface area contributed by atoms with Gasteiger partial charge >= 0.3 is 0 Å². The number of hydrogen-bond acceptors (Lipinski definition) is 3. The van der Waals surface area contributed by atoms with E-state index in [9.17, 15) is 0 Å². The smallest absolute Gasteiger partial charge is 0.0183 e. The molecule has 3 heteroatoms. The van der Waals surface area contributed by atoms with Crippen LogP contribution in [0.5, 0.6) is 0 Å². The van der Waals surface area contributed by atoms with Crippen LogP contribution in [0.4, 0.5) is 0 Å². The van der Waals surface area contributed by atoms with E-state index in [-0.39, 0.29) is 0 Å². The molecule has 0 heterocycles. The number of rotatable bonds is 6. The zero-order valence-corrected chi connectivity index (χ0v) is 12.9. The van der Waals surface area contributed by atoms with Gasteiger partial charge in [-0.15, -0.1) is 11.7 Å². The fourth-order valence-electron chi connectivity index (χ4n) is 2.47. The van der Waals surface area contributed by atoms with Crippen molar-refractivity contribution in [2.24, 2.45) is 5.92 Å². The molecule has 1 aromatic rings. The zero-order valence-electron chi connectivity index (χ0n) is 11.2. The lowest BCUT2D eigenvalue weighted by Crippen LogP contribution is -2.24. The Morgan fingerprint density at radius 3 is 2.59 bits per heavy atom. The Labute approximate surface area is 115 Å². The van der Waals surface area contributed by atoms with Crippen LogP contribution in [-0.4, -0.2) is 25.5 Å². The molecule has 0 aliphatic rings. The van der Waals surface area contributed by atoms with Crippen LogP contribution in [0.2, 0.25) is 0 Å². The summed E-state index contributed by atoms with van der Waals surface area (Å²) in [7, 11) is 5.80. The second-order valence-electron chi connectivity index (χ2n) is 4.92. The quantitative estimate of drug-likeness (QED) is 0.605. The summed E-state index contributed by atoms with van der Waals surface area (Å²) in [5, 5.41) is 0. The first kappa shape index (κ1) is 14.9. The first-order valence-corrected chi connectivity index (χ1v) is 8.01. The van der Waals surface area contributed by atoms with Crippen molar-refractivity contribution in [1.82, 2.24) is 4.90 Å². The Bertz CT molecular complexity index is 339. The Morgan fingerprint density at radius 2 is 2.06 bits per heavy atom. The second-order valence-corrected chi connectivity index (χ2v) is 6.12. The molecule has 0 bridgehead atoms. The molecule has 1 nitrogen and oxygen atoms in total. The van der Waals surface area contributed by atoms with Crippen LogP contribution in [0.3, 0.4) is 0 Å².